The first-order chi connectivity index (χ1) is 11.1. The lowest BCUT2D eigenvalue weighted by Crippen LogP contribution is -2.39. The van der Waals surface area contributed by atoms with Gasteiger partial charge >= 0.3 is 0 Å². The lowest BCUT2D eigenvalue weighted by molar-refractivity contribution is 0.0709. The summed E-state index contributed by atoms with van der Waals surface area (Å²) in [5, 5.41) is 10.8. The van der Waals surface area contributed by atoms with Crippen molar-refractivity contribution >= 4 is 23.3 Å². The van der Waals surface area contributed by atoms with Crippen LogP contribution in [-0.4, -0.2) is 49.6 Å². The number of piperidine rings is 1. The Morgan fingerprint density at radius 2 is 2.35 bits per heavy atom. The van der Waals surface area contributed by atoms with Crippen molar-refractivity contribution in [3.05, 3.63) is 28.0 Å². The standard InChI is InChI=1S/C14H18N6O2S/c1-2-9-12(23-19-18-9)14(22)20-5-3-4-8(7-20)10-6-11(13(15)21)17-16-10/h6,8H,2-5,7H2,1H3,(H2,15,21)(H,16,17)/t8-/m1/s1. The number of carbonyl (C=O) groups excluding carboxylic acids is 2. The fourth-order valence-corrected chi connectivity index (χ4v) is 3.55. The first-order valence-corrected chi connectivity index (χ1v) is 8.33. The molecule has 1 aliphatic rings. The summed E-state index contributed by atoms with van der Waals surface area (Å²) in [6.45, 7) is 3.26. The van der Waals surface area contributed by atoms with Crippen molar-refractivity contribution in [2.75, 3.05) is 13.1 Å². The van der Waals surface area contributed by atoms with Crippen LogP contribution in [0.25, 0.3) is 0 Å². The van der Waals surface area contributed by atoms with Crippen LogP contribution in [0.15, 0.2) is 6.07 Å². The minimum absolute atomic E-state index is 0.0174. The van der Waals surface area contributed by atoms with Gasteiger partial charge in [0.25, 0.3) is 11.8 Å². The molecule has 122 valence electrons. The van der Waals surface area contributed by atoms with Gasteiger partial charge in [0.1, 0.15) is 10.6 Å². The molecule has 0 unspecified atom stereocenters. The third-order valence-electron chi connectivity index (χ3n) is 4.08. The maximum Gasteiger partial charge on any atom is 0.269 e. The number of hydrogen-bond donors (Lipinski definition) is 2. The summed E-state index contributed by atoms with van der Waals surface area (Å²) < 4.78 is 3.89. The molecule has 2 amide bonds. The third-order valence-corrected chi connectivity index (χ3v) is 4.84. The summed E-state index contributed by atoms with van der Waals surface area (Å²) in [4.78, 5) is 26.3. The van der Waals surface area contributed by atoms with Crippen LogP contribution in [0.1, 0.15) is 57.2 Å². The highest BCUT2D eigenvalue weighted by molar-refractivity contribution is 7.08. The molecule has 0 spiro atoms. The largest absolute Gasteiger partial charge is 0.364 e. The number of hydrogen-bond acceptors (Lipinski definition) is 6. The highest BCUT2D eigenvalue weighted by Gasteiger charge is 2.29. The minimum atomic E-state index is -0.556. The van der Waals surface area contributed by atoms with E-state index in [0.29, 0.717) is 24.4 Å². The number of nitrogens with zero attached hydrogens (tertiary/aromatic N) is 4. The number of primary amides is 1. The van der Waals surface area contributed by atoms with E-state index in [-0.39, 0.29) is 17.5 Å². The van der Waals surface area contributed by atoms with E-state index in [4.69, 9.17) is 5.73 Å². The molecule has 0 radical (unpaired) electrons. The van der Waals surface area contributed by atoms with Crippen molar-refractivity contribution in [2.24, 2.45) is 5.73 Å². The van der Waals surface area contributed by atoms with Crippen LogP contribution in [0.3, 0.4) is 0 Å². The van der Waals surface area contributed by atoms with Gasteiger partial charge in [-0.15, -0.1) is 5.10 Å². The van der Waals surface area contributed by atoms with Gasteiger partial charge in [-0.3, -0.25) is 14.7 Å². The van der Waals surface area contributed by atoms with Gasteiger partial charge in [0, 0.05) is 24.7 Å². The van der Waals surface area contributed by atoms with E-state index in [0.717, 1.165) is 35.8 Å². The van der Waals surface area contributed by atoms with Gasteiger partial charge in [0.2, 0.25) is 0 Å². The molecule has 0 aromatic carbocycles. The average molecular weight is 334 g/mol. The topological polar surface area (TPSA) is 118 Å². The van der Waals surface area contributed by atoms with E-state index in [2.05, 4.69) is 19.8 Å². The number of rotatable bonds is 4. The fraction of sp³-hybridized carbons (Fsp3) is 0.500. The van der Waals surface area contributed by atoms with Crippen molar-refractivity contribution < 1.29 is 9.59 Å². The third kappa shape index (κ3) is 3.09. The van der Waals surface area contributed by atoms with Gasteiger partial charge in [0.15, 0.2) is 0 Å². The minimum Gasteiger partial charge on any atom is -0.364 e. The molecule has 23 heavy (non-hydrogen) atoms. The average Bonchev–Trinajstić information content (AvgIpc) is 3.23. The number of H-pyrrole nitrogens is 1. The van der Waals surface area contributed by atoms with Crippen LogP contribution in [0.4, 0.5) is 0 Å². The highest BCUT2D eigenvalue weighted by Crippen LogP contribution is 2.27. The molecule has 1 fully saturated rings. The Morgan fingerprint density at radius 1 is 1.52 bits per heavy atom. The van der Waals surface area contributed by atoms with Gasteiger partial charge in [-0.25, -0.2) is 0 Å². The Labute approximate surface area is 137 Å². The zero-order valence-electron chi connectivity index (χ0n) is 12.8. The Kier molecular flexibility index (Phi) is 4.37. The SMILES string of the molecule is CCc1nnsc1C(=O)N1CCC[C@@H](c2cc(C(N)=O)n[nH]2)C1. The van der Waals surface area contributed by atoms with Gasteiger partial charge in [-0.1, -0.05) is 11.4 Å². The maximum atomic E-state index is 12.7. The Hall–Kier alpha value is -2.29. The Balaban J connectivity index is 1.75. The number of nitrogens with one attached hydrogen (secondary N) is 1. The number of aromatic amines is 1. The van der Waals surface area contributed by atoms with E-state index in [1.807, 2.05) is 11.8 Å². The zero-order chi connectivity index (χ0) is 16.4. The summed E-state index contributed by atoms with van der Waals surface area (Å²) in [5.74, 6) is -0.449. The lowest BCUT2D eigenvalue weighted by Gasteiger charge is -2.32. The van der Waals surface area contributed by atoms with Crippen molar-refractivity contribution in [1.29, 1.82) is 0 Å². The number of aryl methyl sites for hydroxylation is 1. The van der Waals surface area contributed by atoms with Crippen molar-refractivity contribution in [3.8, 4) is 0 Å². The lowest BCUT2D eigenvalue weighted by atomic mass is 9.94. The molecule has 2 aromatic heterocycles. The maximum absolute atomic E-state index is 12.7. The smallest absolute Gasteiger partial charge is 0.269 e. The molecule has 3 heterocycles. The first kappa shape index (κ1) is 15.6. The van der Waals surface area contributed by atoms with E-state index in [9.17, 15) is 9.59 Å². The van der Waals surface area contributed by atoms with Gasteiger partial charge in [0.05, 0.1) is 5.69 Å². The second kappa shape index (κ2) is 6.45. The molecule has 9 heteroatoms. The molecule has 3 rings (SSSR count). The van der Waals surface area contributed by atoms with Gasteiger partial charge in [-0.05, 0) is 36.9 Å². The molecule has 1 aliphatic heterocycles. The van der Waals surface area contributed by atoms with Crippen LogP contribution in [0.5, 0.6) is 0 Å². The van der Waals surface area contributed by atoms with Gasteiger partial charge in [-0.2, -0.15) is 5.10 Å². The van der Waals surface area contributed by atoms with Crippen molar-refractivity contribution in [3.63, 3.8) is 0 Å². The predicted octanol–water partition coefficient (Wildman–Crippen LogP) is 0.942. The molecular formula is C14H18N6O2S. The molecule has 1 atom stereocenters. The molecule has 3 N–H and O–H groups in total. The molecule has 2 aromatic rings. The van der Waals surface area contributed by atoms with E-state index < -0.39 is 5.91 Å². The molecular weight excluding hydrogens is 316 g/mol. The van der Waals surface area contributed by atoms with E-state index in [1.165, 1.54) is 0 Å². The fourth-order valence-electron chi connectivity index (χ4n) is 2.83. The van der Waals surface area contributed by atoms with Crippen molar-refractivity contribution in [1.82, 2.24) is 24.7 Å². The second-order valence-electron chi connectivity index (χ2n) is 5.57. The monoisotopic (exact) mass is 334 g/mol. The van der Waals surface area contributed by atoms with E-state index in [1.54, 1.807) is 6.07 Å². The zero-order valence-corrected chi connectivity index (χ0v) is 13.6. The van der Waals surface area contributed by atoms with Gasteiger partial charge < -0.3 is 10.6 Å². The van der Waals surface area contributed by atoms with Crippen molar-refractivity contribution in [2.45, 2.75) is 32.1 Å². The number of likely N-dealkylation sites (tertiary alicyclic amines) is 1. The Morgan fingerprint density at radius 3 is 3.04 bits per heavy atom. The molecule has 0 aliphatic carbocycles. The predicted molar refractivity (Wildman–Crippen MR) is 84.3 cm³/mol. The first-order valence-electron chi connectivity index (χ1n) is 7.55. The summed E-state index contributed by atoms with van der Waals surface area (Å²) in [7, 11) is 0. The van der Waals surface area contributed by atoms with E-state index >= 15 is 0 Å². The molecule has 0 saturated carbocycles. The Bertz CT molecular complexity index is 724. The summed E-state index contributed by atoms with van der Waals surface area (Å²) in [5.41, 5.74) is 7.05. The summed E-state index contributed by atoms with van der Waals surface area (Å²) >= 11 is 1.15. The van der Waals surface area contributed by atoms with Crippen LogP contribution < -0.4 is 5.73 Å². The van der Waals surface area contributed by atoms with Crippen LogP contribution >= 0.6 is 11.5 Å². The number of carbonyl (C=O) groups is 2. The van der Waals surface area contributed by atoms with Crippen LogP contribution in [0.2, 0.25) is 0 Å². The second-order valence-corrected chi connectivity index (χ2v) is 6.32. The summed E-state index contributed by atoms with van der Waals surface area (Å²) in [6, 6.07) is 1.67. The quantitative estimate of drug-likeness (QED) is 0.863. The number of aromatic nitrogens is 4. The molecule has 8 nitrogen and oxygen atoms in total. The van der Waals surface area contributed by atoms with Crippen LogP contribution in [-0.2, 0) is 6.42 Å². The molecule has 0 bridgehead atoms. The number of amides is 2. The van der Waals surface area contributed by atoms with Crippen LogP contribution in [0, 0.1) is 0 Å². The molecule has 1 saturated heterocycles. The summed E-state index contributed by atoms with van der Waals surface area (Å²) in [6.07, 6.45) is 2.53. The highest BCUT2D eigenvalue weighted by atomic mass is 32.1. The normalized spacial score (nSPS) is 18.1. The number of nitrogens with two attached hydrogens (primary N) is 1.